The molecule has 1 heterocycles. The third-order valence-electron chi connectivity index (χ3n) is 7.43. The van der Waals surface area contributed by atoms with Crippen molar-refractivity contribution in [2.24, 2.45) is 11.8 Å². The van der Waals surface area contributed by atoms with E-state index < -0.39 is 17.7 Å². The van der Waals surface area contributed by atoms with Crippen molar-refractivity contribution in [2.75, 3.05) is 33.3 Å². The van der Waals surface area contributed by atoms with E-state index in [0.29, 0.717) is 38.4 Å². The number of carbonyl (C=O) groups excluding carboxylic acids is 2. The molecule has 9 heteroatoms. The monoisotopic (exact) mass is 522 g/mol. The first kappa shape index (κ1) is 29.3. The second-order valence-electron chi connectivity index (χ2n) is 10.9. The van der Waals surface area contributed by atoms with Crippen LogP contribution in [0.3, 0.4) is 0 Å². The number of urea groups is 1. The van der Waals surface area contributed by atoms with E-state index in [4.69, 9.17) is 4.74 Å². The molecule has 1 saturated carbocycles. The molecular formula is C28H44F2N4O3. The summed E-state index contributed by atoms with van der Waals surface area (Å²) >= 11 is 0. The van der Waals surface area contributed by atoms with Crippen molar-refractivity contribution in [3.8, 4) is 0 Å². The topological polar surface area (TPSA) is 82.7 Å². The van der Waals surface area contributed by atoms with Crippen molar-refractivity contribution < 1.29 is 23.1 Å². The van der Waals surface area contributed by atoms with Gasteiger partial charge in [-0.25, -0.2) is 13.6 Å². The van der Waals surface area contributed by atoms with Gasteiger partial charge in [-0.2, -0.15) is 0 Å². The van der Waals surface area contributed by atoms with Crippen LogP contribution in [-0.4, -0.2) is 62.2 Å². The van der Waals surface area contributed by atoms with Gasteiger partial charge in [-0.15, -0.1) is 0 Å². The molecule has 7 nitrogen and oxygen atoms in total. The fraction of sp³-hybridized carbons (Fsp3) is 0.714. The summed E-state index contributed by atoms with van der Waals surface area (Å²) in [4.78, 5) is 27.3. The molecule has 1 aliphatic carbocycles. The minimum Gasteiger partial charge on any atom is -0.363 e. The minimum absolute atomic E-state index is 0.0356. The molecule has 0 radical (unpaired) electrons. The predicted molar refractivity (Wildman–Crippen MR) is 140 cm³/mol. The summed E-state index contributed by atoms with van der Waals surface area (Å²) in [6.07, 6.45) is 7.73. The van der Waals surface area contributed by atoms with Crippen LogP contribution in [0.15, 0.2) is 18.2 Å². The SMILES string of the molecule is CNC[C@H](CC1CCCCC1)NC(=O)N1CCC[C@@H]([C@@H](OCC(=O)NC(C)C)c2cccc(F)c2F)C1. The predicted octanol–water partition coefficient (Wildman–Crippen LogP) is 4.53. The smallest absolute Gasteiger partial charge is 0.317 e. The van der Waals surface area contributed by atoms with Crippen LogP contribution in [0.1, 0.15) is 76.9 Å². The van der Waals surface area contributed by atoms with Gasteiger partial charge >= 0.3 is 6.03 Å². The van der Waals surface area contributed by atoms with Gasteiger partial charge in [0, 0.05) is 43.2 Å². The van der Waals surface area contributed by atoms with E-state index in [1.165, 1.54) is 44.2 Å². The van der Waals surface area contributed by atoms with E-state index in [-0.39, 0.29) is 42.1 Å². The number of likely N-dealkylation sites (N-methyl/N-ethyl adjacent to an activating group) is 1. The highest BCUT2D eigenvalue weighted by molar-refractivity contribution is 5.77. The third kappa shape index (κ3) is 8.92. The van der Waals surface area contributed by atoms with Crippen molar-refractivity contribution in [3.63, 3.8) is 0 Å². The molecule has 0 bridgehead atoms. The summed E-state index contributed by atoms with van der Waals surface area (Å²) in [5.41, 5.74) is 0.0787. The van der Waals surface area contributed by atoms with Gasteiger partial charge in [0.05, 0.1) is 6.10 Å². The number of hydrogen-bond acceptors (Lipinski definition) is 4. The van der Waals surface area contributed by atoms with Gasteiger partial charge in [-0.05, 0) is 52.1 Å². The molecule has 37 heavy (non-hydrogen) atoms. The molecule has 1 aliphatic heterocycles. The highest BCUT2D eigenvalue weighted by Crippen LogP contribution is 2.35. The number of halogens is 2. The molecule has 1 aromatic carbocycles. The maximum Gasteiger partial charge on any atom is 0.317 e. The number of carbonyl (C=O) groups is 2. The van der Waals surface area contributed by atoms with E-state index in [1.54, 1.807) is 4.90 Å². The van der Waals surface area contributed by atoms with Gasteiger partial charge in [-0.3, -0.25) is 4.79 Å². The molecule has 208 valence electrons. The largest absolute Gasteiger partial charge is 0.363 e. The molecule has 3 rings (SSSR count). The number of hydrogen-bond donors (Lipinski definition) is 3. The van der Waals surface area contributed by atoms with E-state index >= 15 is 0 Å². The van der Waals surface area contributed by atoms with Gasteiger partial charge in [0.1, 0.15) is 6.61 Å². The summed E-state index contributed by atoms with van der Waals surface area (Å²) in [5, 5.41) is 9.17. The second kappa shape index (κ2) is 14.6. The van der Waals surface area contributed by atoms with Crippen LogP contribution in [0.25, 0.3) is 0 Å². The van der Waals surface area contributed by atoms with Crippen LogP contribution >= 0.6 is 0 Å². The summed E-state index contributed by atoms with van der Waals surface area (Å²) < 4.78 is 34.8. The Morgan fingerprint density at radius 3 is 2.54 bits per heavy atom. The Kier molecular flexibility index (Phi) is 11.6. The fourth-order valence-electron chi connectivity index (χ4n) is 5.72. The highest BCUT2D eigenvalue weighted by atomic mass is 19.2. The second-order valence-corrected chi connectivity index (χ2v) is 10.9. The van der Waals surface area contributed by atoms with Gasteiger partial charge in [-0.1, -0.05) is 44.2 Å². The van der Waals surface area contributed by atoms with Crippen LogP contribution in [0.2, 0.25) is 0 Å². The van der Waals surface area contributed by atoms with Gasteiger partial charge in [0.15, 0.2) is 11.6 Å². The molecule has 3 atom stereocenters. The lowest BCUT2D eigenvalue weighted by Gasteiger charge is -2.38. The van der Waals surface area contributed by atoms with E-state index in [9.17, 15) is 18.4 Å². The maximum absolute atomic E-state index is 14.8. The average Bonchev–Trinajstić information content (AvgIpc) is 2.87. The zero-order chi connectivity index (χ0) is 26.8. The first-order valence-corrected chi connectivity index (χ1v) is 13.8. The number of likely N-dealkylation sites (tertiary alicyclic amines) is 1. The van der Waals surface area contributed by atoms with Crippen molar-refractivity contribution in [1.29, 1.82) is 0 Å². The number of nitrogens with one attached hydrogen (secondary N) is 3. The number of ether oxygens (including phenoxy) is 1. The third-order valence-corrected chi connectivity index (χ3v) is 7.43. The van der Waals surface area contributed by atoms with E-state index in [0.717, 1.165) is 12.5 Å². The Labute approximate surface area is 220 Å². The number of amides is 3. The molecule has 3 amide bonds. The Balaban J connectivity index is 1.69. The van der Waals surface area contributed by atoms with Crippen LogP contribution in [0, 0.1) is 23.5 Å². The minimum atomic E-state index is -0.972. The molecular weight excluding hydrogens is 478 g/mol. The van der Waals surface area contributed by atoms with Crippen LogP contribution in [0.5, 0.6) is 0 Å². The molecule has 2 fully saturated rings. The molecule has 0 unspecified atom stereocenters. The first-order chi connectivity index (χ1) is 17.8. The van der Waals surface area contributed by atoms with E-state index in [1.807, 2.05) is 20.9 Å². The molecule has 0 spiro atoms. The van der Waals surface area contributed by atoms with Crippen molar-refractivity contribution >= 4 is 11.9 Å². The zero-order valence-corrected chi connectivity index (χ0v) is 22.5. The summed E-state index contributed by atoms with van der Waals surface area (Å²) in [6.45, 7) is 5.04. The van der Waals surface area contributed by atoms with Crippen molar-refractivity contribution in [3.05, 3.63) is 35.4 Å². The van der Waals surface area contributed by atoms with Crippen LogP contribution in [-0.2, 0) is 9.53 Å². The Morgan fingerprint density at radius 1 is 1.08 bits per heavy atom. The molecule has 3 N–H and O–H groups in total. The van der Waals surface area contributed by atoms with Crippen molar-refractivity contribution in [2.45, 2.75) is 83.4 Å². The average molecular weight is 523 g/mol. The Hall–Kier alpha value is -2.26. The molecule has 2 aliphatic rings. The van der Waals surface area contributed by atoms with E-state index in [2.05, 4.69) is 16.0 Å². The normalized spacial score (nSPS) is 20.5. The fourth-order valence-corrected chi connectivity index (χ4v) is 5.72. The highest BCUT2D eigenvalue weighted by Gasteiger charge is 2.34. The summed E-state index contributed by atoms with van der Waals surface area (Å²) in [7, 11) is 1.89. The number of nitrogens with zero attached hydrogens (tertiary/aromatic N) is 1. The van der Waals surface area contributed by atoms with Crippen LogP contribution in [0.4, 0.5) is 13.6 Å². The quantitative estimate of drug-likeness (QED) is 0.399. The standard InChI is InChI=1S/C28H44F2N4O3/c1-19(2)32-25(35)18-37-27(23-12-7-13-24(29)26(23)30)21-11-8-14-34(17-21)28(36)33-22(16-31-3)15-20-9-5-4-6-10-20/h7,12-13,19-22,27,31H,4-6,8-11,14-18H2,1-3H3,(H,32,35)(H,33,36)/t21-,22+,27-/m1/s1. The van der Waals surface area contributed by atoms with Crippen molar-refractivity contribution in [1.82, 2.24) is 20.9 Å². The van der Waals surface area contributed by atoms with Gasteiger partial charge < -0.3 is 25.6 Å². The Bertz CT molecular complexity index is 879. The summed E-state index contributed by atoms with van der Waals surface area (Å²) in [6, 6.07) is 3.84. The number of benzene rings is 1. The lowest BCUT2D eigenvalue weighted by molar-refractivity contribution is -0.130. The Morgan fingerprint density at radius 2 is 1.84 bits per heavy atom. The number of piperidine rings is 1. The zero-order valence-electron chi connectivity index (χ0n) is 22.5. The lowest BCUT2D eigenvalue weighted by Crippen LogP contribution is -2.52. The lowest BCUT2D eigenvalue weighted by atomic mass is 9.85. The molecule has 0 aromatic heterocycles. The van der Waals surface area contributed by atoms with Gasteiger partial charge in [0.25, 0.3) is 0 Å². The molecule has 1 aromatic rings. The molecule has 1 saturated heterocycles. The number of rotatable bonds is 11. The summed E-state index contributed by atoms with van der Waals surface area (Å²) in [5.74, 6) is -1.89. The van der Waals surface area contributed by atoms with Crippen LogP contribution < -0.4 is 16.0 Å². The first-order valence-electron chi connectivity index (χ1n) is 13.8. The maximum atomic E-state index is 14.8. The van der Waals surface area contributed by atoms with Gasteiger partial charge in [0.2, 0.25) is 5.91 Å².